The predicted molar refractivity (Wildman–Crippen MR) is 75.7 cm³/mol. The molecule has 2 bridgehead atoms. The lowest BCUT2D eigenvalue weighted by Gasteiger charge is -2.41. The van der Waals surface area contributed by atoms with Crippen LogP contribution >= 0.6 is 0 Å². The first kappa shape index (κ1) is 16.0. The van der Waals surface area contributed by atoms with E-state index in [1.54, 1.807) is 19.3 Å². The van der Waals surface area contributed by atoms with Crippen molar-refractivity contribution in [1.82, 2.24) is 0 Å². The molecular weight excluding hydrogens is 192 g/mol. The molecule has 0 radical (unpaired) electrons. The number of hydrogen-bond donors (Lipinski definition) is 0. The largest absolute Gasteiger partial charge is 0.0683 e. The Bertz CT molecular complexity index is 132. The van der Waals surface area contributed by atoms with Gasteiger partial charge in [-0.1, -0.05) is 48.0 Å². The fraction of sp³-hybridized carbons (Fsp3) is 1.00. The van der Waals surface area contributed by atoms with E-state index < -0.39 is 0 Å². The van der Waals surface area contributed by atoms with Crippen LogP contribution in [0.25, 0.3) is 0 Å². The third kappa shape index (κ3) is 4.89. The molecule has 0 nitrogen and oxygen atoms in total. The van der Waals surface area contributed by atoms with E-state index in [2.05, 4.69) is 13.8 Å². The van der Waals surface area contributed by atoms with Gasteiger partial charge in [0.25, 0.3) is 0 Å². The van der Waals surface area contributed by atoms with Crippen molar-refractivity contribution in [1.29, 1.82) is 0 Å². The number of fused-ring (bicyclic) bond motifs is 2. The molecule has 16 heavy (non-hydrogen) atoms. The minimum atomic E-state index is 1.03. The van der Waals surface area contributed by atoms with Gasteiger partial charge in [-0.25, -0.2) is 0 Å². The van der Waals surface area contributed by atoms with Gasteiger partial charge in [0.15, 0.2) is 0 Å². The fourth-order valence-corrected chi connectivity index (χ4v) is 3.66. The van der Waals surface area contributed by atoms with Crippen molar-refractivity contribution in [3.63, 3.8) is 0 Å². The van der Waals surface area contributed by atoms with Crippen LogP contribution in [0.5, 0.6) is 0 Å². The first-order valence-corrected chi connectivity index (χ1v) is 7.78. The van der Waals surface area contributed by atoms with Crippen LogP contribution in [-0.4, -0.2) is 0 Å². The maximum Gasteiger partial charge on any atom is -0.0406 e. The zero-order valence-electron chi connectivity index (χ0n) is 12.6. The van der Waals surface area contributed by atoms with Gasteiger partial charge in [-0.05, 0) is 55.8 Å². The molecule has 0 heterocycles. The molecule has 98 valence electrons. The fourth-order valence-electron chi connectivity index (χ4n) is 3.66. The molecule has 0 aromatic carbocycles. The van der Waals surface area contributed by atoms with Gasteiger partial charge >= 0.3 is 0 Å². The summed E-state index contributed by atoms with van der Waals surface area (Å²) in [4.78, 5) is 0. The quantitative estimate of drug-likeness (QED) is 0.521. The highest BCUT2D eigenvalue weighted by Gasteiger charge is 2.33. The topological polar surface area (TPSA) is 0 Å². The third-order valence-corrected chi connectivity index (χ3v) is 4.05. The first-order valence-electron chi connectivity index (χ1n) is 7.78. The Morgan fingerprint density at radius 3 is 1.56 bits per heavy atom. The molecule has 2 atom stereocenters. The van der Waals surface area contributed by atoms with Crippen molar-refractivity contribution in [3.8, 4) is 0 Å². The van der Waals surface area contributed by atoms with E-state index in [9.17, 15) is 0 Å². The molecule has 2 unspecified atom stereocenters. The summed E-state index contributed by atoms with van der Waals surface area (Å²) < 4.78 is 0. The van der Waals surface area contributed by atoms with Gasteiger partial charge in [-0.15, -0.1) is 0 Å². The summed E-state index contributed by atoms with van der Waals surface area (Å²) in [6, 6.07) is 0. The van der Waals surface area contributed by atoms with Crippen LogP contribution < -0.4 is 0 Å². The summed E-state index contributed by atoms with van der Waals surface area (Å²) >= 11 is 0. The van der Waals surface area contributed by atoms with Crippen LogP contribution in [-0.2, 0) is 0 Å². The van der Waals surface area contributed by atoms with Crippen molar-refractivity contribution >= 4 is 0 Å². The highest BCUT2D eigenvalue weighted by Crippen LogP contribution is 2.45. The zero-order valence-corrected chi connectivity index (χ0v) is 12.6. The molecule has 0 aromatic heterocycles. The Kier molecular flexibility index (Phi) is 9.07. The molecule has 2 aliphatic rings. The van der Waals surface area contributed by atoms with Crippen molar-refractivity contribution < 1.29 is 0 Å². The van der Waals surface area contributed by atoms with Crippen molar-refractivity contribution in [2.45, 2.75) is 80.1 Å². The van der Waals surface area contributed by atoms with Crippen molar-refractivity contribution in [2.75, 3.05) is 0 Å². The normalized spacial score (nSPS) is 36.4. The maximum absolute atomic E-state index is 2.45. The summed E-state index contributed by atoms with van der Waals surface area (Å²) in [5.41, 5.74) is 0. The van der Waals surface area contributed by atoms with Crippen LogP contribution in [0.3, 0.4) is 0 Å². The first-order chi connectivity index (χ1) is 7.78. The molecule has 2 aliphatic carbocycles. The zero-order chi connectivity index (χ0) is 12.6. The van der Waals surface area contributed by atoms with Gasteiger partial charge in [0.05, 0.1) is 0 Å². The maximum atomic E-state index is 2.45. The monoisotopic (exact) mass is 226 g/mol. The van der Waals surface area contributed by atoms with E-state index in [0.29, 0.717) is 0 Å². The summed E-state index contributed by atoms with van der Waals surface area (Å²) in [6.07, 6.45) is 9.18. The average molecular weight is 226 g/mol. The minimum Gasteiger partial charge on any atom is -0.0683 e. The molecule has 2 fully saturated rings. The molecule has 2 rings (SSSR count). The molecule has 0 aliphatic heterocycles. The number of hydrogen-bond acceptors (Lipinski definition) is 0. The second kappa shape index (κ2) is 9.07. The number of rotatable bonds is 1. The summed E-state index contributed by atoms with van der Waals surface area (Å²) in [5, 5.41) is 0. The molecule has 2 saturated carbocycles. The Labute approximate surface area is 104 Å². The summed E-state index contributed by atoms with van der Waals surface area (Å²) in [6.45, 7) is 12.8. The summed E-state index contributed by atoms with van der Waals surface area (Å²) in [5.74, 6) is 4.34. The van der Waals surface area contributed by atoms with E-state index in [0.717, 1.165) is 23.7 Å². The molecule has 0 amide bonds. The minimum absolute atomic E-state index is 1.03. The Morgan fingerprint density at radius 1 is 0.750 bits per heavy atom. The van der Waals surface area contributed by atoms with Crippen molar-refractivity contribution in [2.24, 2.45) is 23.7 Å². The van der Waals surface area contributed by atoms with Crippen LogP contribution in [0.2, 0.25) is 0 Å². The van der Waals surface area contributed by atoms with Crippen LogP contribution in [0.1, 0.15) is 80.1 Å². The van der Waals surface area contributed by atoms with Gasteiger partial charge in [0.2, 0.25) is 0 Å². The molecule has 0 heteroatoms. The lowest BCUT2D eigenvalue weighted by atomic mass is 9.64. The van der Waals surface area contributed by atoms with E-state index in [-0.39, 0.29) is 0 Å². The predicted octanol–water partition coefficient (Wildman–Crippen LogP) is 5.91. The van der Waals surface area contributed by atoms with Gasteiger partial charge in [0.1, 0.15) is 0 Å². The van der Waals surface area contributed by atoms with E-state index in [4.69, 9.17) is 0 Å². The molecule has 0 spiro atoms. The summed E-state index contributed by atoms with van der Waals surface area (Å²) in [7, 11) is 0. The smallest absolute Gasteiger partial charge is 0.0406 e. The van der Waals surface area contributed by atoms with Crippen molar-refractivity contribution in [3.05, 3.63) is 0 Å². The van der Waals surface area contributed by atoms with Crippen LogP contribution in [0.15, 0.2) is 0 Å². The molecule has 0 aromatic rings. The van der Waals surface area contributed by atoms with Gasteiger partial charge < -0.3 is 0 Å². The second-order valence-electron chi connectivity index (χ2n) is 5.29. The lowest BCUT2D eigenvalue weighted by molar-refractivity contribution is 0.102. The molecule has 0 N–H and O–H groups in total. The van der Waals surface area contributed by atoms with Crippen LogP contribution in [0.4, 0.5) is 0 Å². The standard InChI is InChI=1S/C12H22.2C2H6/c1-3-10-6-11-4-9(2)5-12(7-10)8-11;2*1-2/h9-12H,3-8H2,1-2H3;2*1-2H3. The van der Waals surface area contributed by atoms with Gasteiger partial charge in [-0.3, -0.25) is 0 Å². The lowest BCUT2D eigenvalue weighted by Crippen LogP contribution is -2.29. The Hall–Kier alpha value is 0. The molecular formula is C16H34. The van der Waals surface area contributed by atoms with E-state index in [1.165, 1.54) is 19.3 Å². The molecule has 0 saturated heterocycles. The highest BCUT2D eigenvalue weighted by atomic mass is 14.4. The third-order valence-electron chi connectivity index (χ3n) is 4.05. The van der Waals surface area contributed by atoms with Crippen LogP contribution in [0, 0.1) is 23.7 Å². The highest BCUT2D eigenvalue weighted by molar-refractivity contribution is 4.84. The van der Waals surface area contributed by atoms with E-state index in [1.807, 2.05) is 27.7 Å². The average Bonchev–Trinajstić information content (AvgIpc) is 2.32. The second-order valence-corrected chi connectivity index (χ2v) is 5.29. The SMILES string of the molecule is CC.CC.CCC1CC2CC(C)CC(C1)C2. The van der Waals surface area contributed by atoms with Gasteiger partial charge in [0, 0.05) is 0 Å². The Morgan fingerprint density at radius 2 is 1.19 bits per heavy atom. The van der Waals surface area contributed by atoms with E-state index >= 15 is 0 Å². The van der Waals surface area contributed by atoms with Gasteiger partial charge in [-0.2, -0.15) is 0 Å². The Balaban J connectivity index is 0.000000509.